The molecule has 1 saturated carbocycles. The molecule has 1 aliphatic carbocycles. The largest absolute Gasteiger partial charge is 0.487 e. The number of hydrogen-bond acceptors (Lipinski definition) is 2. The van der Waals surface area contributed by atoms with Gasteiger partial charge in [-0.25, -0.2) is 0 Å². The first-order valence-corrected chi connectivity index (χ1v) is 7.22. The Morgan fingerprint density at radius 1 is 1.44 bits per heavy atom. The van der Waals surface area contributed by atoms with E-state index in [0.717, 1.165) is 29.7 Å². The molecule has 0 aromatic heterocycles. The zero-order chi connectivity index (χ0) is 12.8. The van der Waals surface area contributed by atoms with Crippen LogP contribution in [0.15, 0.2) is 18.2 Å². The van der Waals surface area contributed by atoms with Crippen molar-refractivity contribution in [1.29, 1.82) is 0 Å². The Morgan fingerprint density at radius 3 is 2.89 bits per heavy atom. The molecule has 1 aromatic carbocycles. The molecule has 18 heavy (non-hydrogen) atoms. The van der Waals surface area contributed by atoms with E-state index >= 15 is 0 Å². The Kier molecular flexibility index (Phi) is 3.03. The first kappa shape index (κ1) is 12.3. The average Bonchev–Trinajstić information content (AvgIpc) is 3.15. The van der Waals surface area contributed by atoms with Crippen molar-refractivity contribution in [3.8, 4) is 5.75 Å². The van der Waals surface area contributed by atoms with E-state index in [0.29, 0.717) is 6.04 Å². The summed E-state index contributed by atoms with van der Waals surface area (Å²) in [4.78, 5) is 0. The molecule has 1 fully saturated rings. The van der Waals surface area contributed by atoms with Crippen molar-refractivity contribution in [3.63, 3.8) is 0 Å². The molecule has 2 aliphatic rings. The second kappa shape index (κ2) is 4.43. The Morgan fingerprint density at radius 2 is 2.22 bits per heavy atom. The second-order valence-electron chi connectivity index (χ2n) is 5.69. The van der Waals surface area contributed by atoms with Gasteiger partial charge in [-0.05, 0) is 50.4 Å². The Hall–Kier alpha value is -0.730. The molecule has 0 amide bonds. The summed E-state index contributed by atoms with van der Waals surface area (Å²) in [5.41, 5.74) is 1.20. The summed E-state index contributed by atoms with van der Waals surface area (Å²) in [5, 5.41) is 4.35. The number of nitrogens with one attached hydrogen (secondary N) is 1. The van der Waals surface area contributed by atoms with Gasteiger partial charge in [0.05, 0.1) is 0 Å². The van der Waals surface area contributed by atoms with Crippen molar-refractivity contribution in [2.45, 2.75) is 44.8 Å². The third kappa shape index (κ3) is 2.12. The van der Waals surface area contributed by atoms with Crippen molar-refractivity contribution >= 4 is 11.6 Å². The van der Waals surface area contributed by atoms with Gasteiger partial charge in [-0.1, -0.05) is 18.5 Å². The predicted octanol–water partition coefficient (Wildman–Crippen LogP) is 3.94. The number of fused-ring (bicyclic) bond motifs is 1. The van der Waals surface area contributed by atoms with Crippen molar-refractivity contribution in [3.05, 3.63) is 28.8 Å². The van der Waals surface area contributed by atoms with Gasteiger partial charge in [0.15, 0.2) is 0 Å². The quantitative estimate of drug-likeness (QED) is 0.894. The summed E-state index contributed by atoms with van der Waals surface area (Å²) in [7, 11) is 0. The van der Waals surface area contributed by atoms with Crippen LogP contribution in [0.1, 0.15) is 44.7 Å². The van der Waals surface area contributed by atoms with Crippen LogP contribution >= 0.6 is 11.6 Å². The maximum absolute atomic E-state index is 6.28. The number of halogens is 1. The number of hydrogen-bond donors (Lipinski definition) is 1. The van der Waals surface area contributed by atoms with E-state index < -0.39 is 0 Å². The normalized spacial score (nSPS) is 30.7. The van der Waals surface area contributed by atoms with Crippen LogP contribution in [0.2, 0.25) is 5.02 Å². The Bertz CT molecular complexity index is 458. The number of rotatable bonds is 3. The molecule has 1 aromatic rings. The maximum Gasteiger partial charge on any atom is 0.125 e. The third-order valence-electron chi connectivity index (χ3n) is 4.19. The van der Waals surface area contributed by atoms with Crippen LogP contribution in [-0.2, 0) is 0 Å². The van der Waals surface area contributed by atoms with Crippen LogP contribution in [0.3, 0.4) is 0 Å². The third-order valence-corrected chi connectivity index (χ3v) is 4.43. The monoisotopic (exact) mass is 265 g/mol. The molecule has 0 saturated heterocycles. The Labute approximate surface area is 114 Å². The van der Waals surface area contributed by atoms with Crippen LogP contribution in [0.5, 0.6) is 5.75 Å². The molecule has 1 N–H and O–H groups in total. The zero-order valence-electron chi connectivity index (χ0n) is 11.0. The van der Waals surface area contributed by atoms with Crippen molar-refractivity contribution in [2.75, 3.05) is 6.54 Å². The summed E-state index contributed by atoms with van der Waals surface area (Å²) in [6.45, 7) is 5.37. The fraction of sp³-hybridized carbons (Fsp3) is 0.600. The first-order chi connectivity index (χ1) is 8.62. The van der Waals surface area contributed by atoms with Gasteiger partial charge in [0.25, 0.3) is 0 Å². The van der Waals surface area contributed by atoms with E-state index in [1.165, 1.54) is 18.4 Å². The molecule has 1 heterocycles. The molecule has 2 atom stereocenters. The minimum Gasteiger partial charge on any atom is -0.487 e. The summed E-state index contributed by atoms with van der Waals surface area (Å²) < 4.78 is 6.28. The van der Waals surface area contributed by atoms with E-state index in [4.69, 9.17) is 16.3 Å². The zero-order valence-corrected chi connectivity index (χ0v) is 11.8. The smallest absolute Gasteiger partial charge is 0.125 e. The molecule has 0 radical (unpaired) electrons. The highest BCUT2D eigenvalue weighted by Gasteiger charge is 2.47. The van der Waals surface area contributed by atoms with Gasteiger partial charge in [-0.15, -0.1) is 0 Å². The van der Waals surface area contributed by atoms with Gasteiger partial charge in [0, 0.05) is 23.0 Å². The first-order valence-electron chi connectivity index (χ1n) is 6.84. The number of benzene rings is 1. The van der Waals surface area contributed by atoms with E-state index in [1.807, 2.05) is 18.2 Å². The molecule has 2 unspecified atom stereocenters. The molecule has 3 rings (SSSR count). The van der Waals surface area contributed by atoms with Gasteiger partial charge >= 0.3 is 0 Å². The van der Waals surface area contributed by atoms with E-state index in [2.05, 4.69) is 19.2 Å². The topological polar surface area (TPSA) is 21.3 Å². The van der Waals surface area contributed by atoms with Crippen LogP contribution in [0.4, 0.5) is 0 Å². The summed E-state index contributed by atoms with van der Waals surface area (Å²) >= 11 is 6.10. The summed E-state index contributed by atoms with van der Waals surface area (Å²) in [5.74, 6) is 1.73. The SMILES string of the molecule is CCNC1CC(C)(C2CC2)Oc2ccc(Cl)cc21. The van der Waals surface area contributed by atoms with Gasteiger partial charge in [-0.3, -0.25) is 0 Å². The standard InChI is InChI=1S/C15H20ClNO/c1-3-17-13-9-15(2,10-4-5-10)18-14-7-6-11(16)8-12(13)14/h6-8,10,13,17H,3-5,9H2,1-2H3. The highest BCUT2D eigenvalue weighted by atomic mass is 35.5. The lowest BCUT2D eigenvalue weighted by Gasteiger charge is -2.40. The summed E-state index contributed by atoms with van der Waals surface area (Å²) in [6.07, 6.45) is 3.65. The van der Waals surface area contributed by atoms with E-state index in [9.17, 15) is 0 Å². The number of ether oxygens (including phenoxy) is 1. The second-order valence-corrected chi connectivity index (χ2v) is 6.12. The fourth-order valence-corrected chi connectivity index (χ4v) is 3.25. The lowest BCUT2D eigenvalue weighted by Crippen LogP contribution is -2.43. The van der Waals surface area contributed by atoms with Crippen LogP contribution in [0.25, 0.3) is 0 Å². The highest BCUT2D eigenvalue weighted by Crippen LogP contribution is 2.50. The predicted molar refractivity (Wildman–Crippen MR) is 74.2 cm³/mol. The van der Waals surface area contributed by atoms with Gasteiger partial charge in [0.2, 0.25) is 0 Å². The van der Waals surface area contributed by atoms with E-state index in [-0.39, 0.29) is 5.60 Å². The van der Waals surface area contributed by atoms with Gasteiger partial charge in [0.1, 0.15) is 11.4 Å². The Balaban J connectivity index is 1.96. The molecule has 1 aliphatic heterocycles. The van der Waals surface area contributed by atoms with Crippen LogP contribution in [0, 0.1) is 5.92 Å². The highest BCUT2D eigenvalue weighted by molar-refractivity contribution is 6.30. The molecule has 2 nitrogen and oxygen atoms in total. The molecule has 0 spiro atoms. The molecular weight excluding hydrogens is 246 g/mol. The maximum atomic E-state index is 6.28. The molecule has 98 valence electrons. The van der Waals surface area contributed by atoms with Gasteiger partial charge < -0.3 is 10.1 Å². The van der Waals surface area contributed by atoms with Crippen molar-refractivity contribution in [2.24, 2.45) is 5.92 Å². The lowest BCUT2D eigenvalue weighted by molar-refractivity contribution is 0.0272. The minimum absolute atomic E-state index is 0.00628. The van der Waals surface area contributed by atoms with Crippen LogP contribution in [-0.4, -0.2) is 12.1 Å². The van der Waals surface area contributed by atoms with Crippen molar-refractivity contribution in [1.82, 2.24) is 5.32 Å². The summed E-state index contributed by atoms with van der Waals surface area (Å²) in [6, 6.07) is 6.34. The van der Waals surface area contributed by atoms with Gasteiger partial charge in [-0.2, -0.15) is 0 Å². The average molecular weight is 266 g/mol. The van der Waals surface area contributed by atoms with E-state index in [1.54, 1.807) is 0 Å². The fourth-order valence-electron chi connectivity index (χ4n) is 3.07. The van der Waals surface area contributed by atoms with Crippen molar-refractivity contribution < 1.29 is 4.74 Å². The minimum atomic E-state index is -0.00628. The molecule has 3 heteroatoms. The van der Waals surface area contributed by atoms with Crippen LogP contribution < -0.4 is 10.1 Å². The lowest BCUT2D eigenvalue weighted by atomic mass is 9.85. The molecule has 0 bridgehead atoms. The molecular formula is C15H20ClNO.